The summed E-state index contributed by atoms with van der Waals surface area (Å²) < 4.78 is 16.6. The zero-order valence-electron chi connectivity index (χ0n) is 14.7. The lowest BCUT2D eigenvalue weighted by molar-refractivity contribution is 0.270. The van der Waals surface area contributed by atoms with Crippen molar-refractivity contribution in [1.82, 2.24) is 5.32 Å². The molecule has 0 spiro atoms. The van der Waals surface area contributed by atoms with Gasteiger partial charge in [0, 0.05) is 11.8 Å². The van der Waals surface area contributed by atoms with Gasteiger partial charge in [0.15, 0.2) is 16.6 Å². The van der Waals surface area contributed by atoms with Crippen molar-refractivity contribution in [3.63, 3.8) is 0 Å². The molecular formula is C19H24N2O3S. The molecule has 0 heterocycles. The summed E-state index contributed by atoms with van der Waals surface area (Å²) in [5.74, 6) is 2.23. The van der Waals surface area contributed by atoms with E-state index in [2.05, 4.69) is 10.6 Å². The van der Waals surface area contributed by atoms with Gasteiger partial charge in [-0.05, 0) is 50.3 Å². The van der Waals surface area contributed by atoms with Crippen LogP contribution in [0.2, 0.25) is 0 Å². The Morgan fingerprint density at radius 3 is 2.56 bits per heavy atom. The molecule has 134 valence electrons. The van der Waals surface area contributed by atoms with Crippen LogP contribution in [-0.2, 0) is 0 Å². The van der Waals surface area contributed by atoms with Crippen molar-refractivity contribution < 1.29 is 14.2 Å². The minimum atomic E-state index is 0.0278. The molecule has 1 unspecified atom stereocenters. The predicted molar refractivity (Wildman–Crippen MR) is 105 cm³/mol. The highest BCUT2D eigenvalue weighted by Gasteiger charge is 2.08. The normalized spacial score (nSPS) is 11.3. The molecule has 2 N–H and O–H groups in total. The minimum Gasteiger partial charge on any atom is -0.494 e. The second-order valence-electron chi connectivity index (χ2n) is 5.42. The highest BCUT2D eigenvalue weighted by molar-refractivity contribution is 7.80. The minimum absolute atomic E-state index is 0.0278. The monoisotopic (exact) mass is 360 g/mol. The van der Waals surface area contributed by atoms with Crippen LogP contribution in [0, 0.1) is 0 Å². The number of para-hydroxylation sites is 2. The molecule has 0 amide bonds. The van der Waals surface area contributed by atoms with Crippen molar-refractivity contribution in [2.75, 3.05) is 25.6 Å². The molecule has 0 aliphatic heterocycles. The maximum Gasteiger partial charge on any atom is 0.171 e. The van der Waals surface area contributed by atoms with E-state index in [9.17, 15) is 0 Å². The molecule has 0 saturated carbocycles. The first-order valence-electron chi connectivity index (χ1n) is 8.18. The van der Waals surface area contributed by atoms with E-state index in [1.54, 1.807) is 7.11 Å². The molecule has 0 fully saturated rings. The van der Waals surface area contributed by atoms with Crippen molar-refractivity contribution in [3.05, 3.63) is 48.5 Å². The summed E-state index contributed by atoms with van der Waals surface area (Å²) in [7, 11) is 1.62. The number of nitrogens with one attached hydrogen (secondary N) is 2. The Kier molecular flexibility index (Phi) is 7.35. The zero-order valence-corrected chi connectivity index (χ0v) is 15.6. The topological polar surface area (TPSA) is 51.8 Å². The SMILES string of the molecule is CCOc1cccc(NC(=S)NC(C)COc2ccccc2OC)c1. The number of ether oxygens (including phenoxy) is 3. The molecule has 0 aliphatic rings. The van der Waals surface area contributed by atoms with Crippen molar-refractivity contribution in [2.45, 2.75) is 19.9 Å². The molecule has 1 atom stereocenters. The van der Waals surface area contributed by atoms with E-state index in [0.717, 1.165) is 11.4 Å². The lowest BCUT2D eigenvalue weighted by atomic mass is 10.3. The average molecular weight is 360 g/mol. The highest BCUT2D eigenvalue weighted by atomic mass is 32.1. The van der Waals surface area contributed by atoms with Crippen molar-refractivity contribution in [2.24, 2.45) is 0 Å². The molecule has 2 aromatic carbocycles. The van der Waals surface area contributed by atoms with E-state index < -0.39 is 0 Å². The van der Waals surface area contributed by atoms with Crippen LogP contribution < -0.4 is 24.8 Å². The number of thiocarbonyl (C=S) groups is 1. The molecule has 0 saturated heterocycles. The number of anilines is 1. The predicted octanol–water partition coefficient (Wildman–Crippen LogP) is 3.85. The van der Waals surface area contributed by atoms with Gasteiger partial charge in [-0.2, -0.15) is 0 Å². The Bertz CT molecular complexity index is 694. The van der Waals surface area contributed by atoms with Gasteiger partial charge in [-0.1, -0.05) is 18.2 Å². The van der Waals surface area contributed by atoms with Gasteiger partial charge in [0.05, 0.1) is 19.8 Å². The van der Waals surface area contributed by atoms with E-state index in [1.165, 1.54) is 0 Å². The third-order valence-corrected chi connectivity index (χ3v) is 3.56. The fourth-order valence-electron chi connectivity index (χ4n) is 2.22. The Morgan fingerprint density at radius 1 is 1.08 bits per heavy atom. The van der Waals surface area contributed by atoms with Crippen LogP contribution in [0.4, 0.5) is 5.69 Å². The molecule has 5 nitrogen and oxygen atoms in total. The summed E-state index contributed by atoms with van der Waals surface area (Å²) in [5.41, 5.74) is 0.876. The van der Waals surface area contributed by atoms with Crippen LogP contribution in [0.1, 0.15) is 13.8 Å². The molecule has 0 aliphatic carbocycles. The van der Waals surface area contributed by atoms with E-state index in [0.29, 0.717) is 29.8 Å². The highest BCUT2D eigenvalue weighted by Crippen LogP contribution is 2.25. The Labute approximate surface area is 154 Å². The van der Waals surface area contributed by atoms with Gasteiger partial charge in [-0.3, -0.25) is 0 Å². The summed E-state index contributed by atoms with van der Waals surface area (Å²) in [6, 6.07) is 15.3. The molecule has 2 aromatic rings. The number of hydrogen-bond donors (Lipinski definition) is 2. The standard InChI is InChI=1S/C19H24N2O3S/c1-4-23-16-9-7-8-15(12-16)21-19(25)20-14(2)13-24-18-11-6-5-10-17(18)22-3/h5-12,14H,4,13H2,1-3H3,(H2,20,21,25). The number of rotatable bonds is 8. The maximum absolute atomic E-state index is 5.80. The summed E-state index contributed by atoms with van der Waals surface area (Å²) >= 11 is 5.36. The summed E-state index contributed by atoms with van der Waals surface area (Å²) in [6.07, 6.45) is 0. The lowest BCUT2D eigenvalue weighted by Crippen LogP contribution is -2.39. The Morgan fingerprint density at radius 2 is 1.84 bits per heavy atom. The molecule has 6 heteroatoms. The van der Waals surface area contributed by atoms with Crippen molar-refractivity contribution >= 4 is 23.0 Å². The number of benzene rings is 2. The average Bonchev–Trinajstić information content (AvgIpc) is 2.60. The maximum atomic E-state index is 5.80. The second kappa shape index (κ2) is 9.74. The van der Waals surface area contributed by atoms with Gasteiger partial charge >= 0.3 is 0 Å². The van der Waals surface area contributed by atoms with Gasteiger partial charge in [-0.15, -0.1) is 0 Å². The molecule has 25 heavy (non-hydrogen) atoms. The van der Waals surface area contributed by atoms with Crippen LogP contribution in [0.15, 0.2) is 48.5 Å². The molecular weight excluding hydrogens is 336 g/mol. The summed E-state index contributed by atoms with van der Waals surface area (Å²) in [6.45, 7) is 5.04. The third kappa shape index (κ3) is 6.15. The van der Waals surface area contributed by atoms with E-state index in [4.69, 9.17) is 26.4 Å². The first-order chi connectivity index (χ1) is 12.1. The van der Waals surface area contributed by atoms with E-state index >= 15 is 0 Å². The molecule has 2 rings (SSSR count). The van der Waals surface area contributed by atoms with Gasteiger partial charge in [-0.25, -0.2) is 0 Å². The van der Waals surface area contributed by atoms with E-state index in [1.807, 2.05) is 62.4 Å². The van der Waals surface area contributed by atoms with Crippen LogP contribution in [0.5, 0.6) is 17.2 Å². The molecule has 0 aromatic heterocycles. The van der Waals surface area contributed by atoms with Gasteiger partial charge in [0.2, 0.25) is 0 Å². The fourth-order valence-corrected chi connectivity index (χ4v) is 2.53. The number of methoxy groups -OCH3 is 1. The van der Waals surface area contributed by atoms with Gasteiger partial charge < -0.3 is 24.8 Å². The van der Waals surface area contributed by atoms with Gasteiger partial charge in [0.1, 0.15) is 12.4 Å². The van der Waals surface area contributed by atoms with Gasteiger partial charge in [0.25, 0.3) is 0 Å². The summed E-state index contributed by atoms with van der Waals surface area (Å²) in [4.78, 5) is 0. The number of hydrogen-bond acceptors (Lipinski definition) is 4. The molecule has 0 radical (unpaired) electrons. The lowest BCUT2D eigenvalue weighted by Gasteiger charge is -2.18. The van der Waals surface area contributed by atoms with Crippen LogP contribution in [0.25, 0.3) is 0 Å². The smallest absolute Gasteiger partial charge is 0.171 e. The van der Waals surface area contributed by atoms with Crippen LogP contribution in [-0.4, -0.2) is 31.5 Å². The second-order valence-corrected chi connectivity index (χ2v) is 5.83. The largest absolute Gasteiger partial charge is 0.494 e. The third-order valence-electron chi connectivity index (χ3n) is 3.34. The zero-order chi connectivity index (χ0) is 18.1. The van der Waals surface area contributed by atoms with Crippen LogP contribution in [0.3, 0.4) is 0 Å². The fraction of sp³-hybridized carbons (Fsp3) is 0.316. The quantitative estimate of drug-likeness (QED) is 0.698. The Hall–Kier alpha value is -2.47. The van der Waals surface area contributed by atoms with Crippen LogP contribution >= 0.6 is 12.2 Å². The first kappa shape index (κ1) is 18.9. The molecule has 0 bridgehead atoms. The van der Waals surface area contributed by atoms with E-state index in [-0.39, 0.29) is 6.04 Å². The van der Waals surface area contributed by atoms with Crippen molar-refractivity contribution in [3.8, 4) is 17.2 Å². The first-order valence-corrected chi connectivity index (χ1v) is 8.59. The summed E-state index contributed by atoms with van der Waals surface area (Å²) in [5, 5.41) is 6.89. The van der Waals surface area contributed by atoms with Crippen molar-refractivity contribution in [1.29, 1.82) is 0 Å². The Balaban J connectivity index is 1.82.